The van der Waals surface area contributed by atoms with E-state index in [4.69, 9.17) is 4.74 Å². The van der Waals surface area contributed by atoms with Gasteiger partial charge in [-0.1, -0.05) is 6.92 Å². The third kappa shape index (κ3) is 6.58. The van der Waals surface area contributed by atoms with Gasteiger partial charge in [0.05, 0.1) is 5.92 Å². The van der Waals surface area contributed by atoms with Crippen molar-refractivity contribution in [3.8, 4) is 0 Å². The van der Waals surface area contributed by atoms with Crippen LogP contribution in [0.5, 0.6) is 0 Å². The zero-order chi connectivity index (χ0) is 10.5. The third-order valence-electron chi connectivity index (χ3n) is 1.64. The van der Waals surface area contributed by atoms with Crippen LogP contribution in [0.3, 0.4) is 0 Å². The Labute approximate surface area is 80.8 Å². The number of esters is 1. The second-order valence-corrected chi connectivity index (χ2v) is 4.33. The Hall–Kier alpha value is -0.570. The van der Waals surface area contributed by atoms with E-state index in [1.165, 1.54) is 0 Å². The number of carbonyl (C=O) groups excluding carboxylic acids is 1. The molecule has 3 nitrogen and oxygen atoms in total. The number of hydrogen-bond acceptors (Lipinski definition) is 3. The molecule has 0 amide bonds. The van der Waals surface area contributed by atoms with E-state index in [0.29, 0.717) is 0 Å². The molecule has 0 radical (unpaired) electrons. The average Bonchev–Trinajstić information content (AvgIpc) is 1.96. The van der Waals surface area contributed by atoms with E-state index in [9.17, 15) is 4.79 Å². The van der Waals surface area contributed by atoms with Crippen LogP contribution in [-0.4, -0.2) is 25.2 Å². The minimum Gasteiger partial charge on any atom is -0.460 e. The summed E-state index contributed by atoms with van der Waals surface area (Å²) in [5.74, 6) is -0.130. The monoisotopic (exact) mass is 187 g/mol. The zero-order valence-electron chi connectivity index (χ0n) is 9.31. The van der Waals surface area contributed by atoms with Gasteiger partial charge in [0, 0.05) is 0 Å². The van der Waals surface area contributed by atoms with Crippen LogP contribution in [-0.2, 0) is 9.53 Å². The van der Waals surface area contributed by atoms with E-state index in [1.54, 1.807) is 0 Å². The fourth-order valence-corrected chi connectivity index (χ4v) is 0.881. The van der Waals surface area contributed by atoms with Crippen LogP contribution in [0.2, 0.25) is 0 Å². The highest BCUT2D eigenvalue weighted by molar-refractivity contribution is 5.72. The van der Waals surface area contributed by atoms with Crippen LogP contribution in [0.4, 0.5) is 0 Å². The lowest BCUT2D eigenvalue weighted by Crippen LogP contribution is -2.28. The van der Waals surface area contributed by atoms with Crippen LogP contribution in [0.1, 0.15) is 34.1 Å². The molecule has 1 atom stereocenters. The quantitative estimate of drug-likeness (QED) is 0.679. The number of hydrogen-bond donors (Lipinski definition) is 1. The molecule has 0 heterocycles. The highest BCUT2D eigenvalue weighted by Crippen LogP contribution is 2.12. The standard InChI is InChI=1S/C10H21NO2/c1-8(6-7-11-5)9(12)13-10(2,3)4/h8,11H,6-7H2,1-5H3. The Morgan fingerprint density at radius 1 is 1.46 bits per heavy atom. The van der Waals surface area contributed by atoms with Crippen molar-refractivity contribution in [2.75, 3.05) is 13.6 Å². The first-order valence-corrected chi connectivity index (χ1v) is 4.74. The Balaban J connectivity index is 3.83. The summed E-state index contributed by atoms with van der Waals surface area (Å²) in [5, 5.41) is 3.01. The van der Waals surface area contributed by atoms with Crippen molar-refractivity contribution in [1.82, 2.24) is 5.32 Å². The van der Waals surface area contributed by atoms with Gasteiger partial charge in [-0.25, -0.2) is 0 Å². The fraction of sp³-hybridized carbons (Fsp3) is 0.900. The molecule has 0 saturated heterocycles. The van der Waals surface area contributed by atoms with E-state index in [1.807, 2.05) is 34.7 Å². The van der Waals surface area contributed by atoms with Gasteiger partial charge in [-0.15, -0.1) is 0 Å². The van der Waals surface area contributed by atoms with Gasteiger partial charge in [-0.3, -0.25) is 4.79 Å². The first-order chi connectivity index (χ1) is 5.87. The summed E-state index contributed by atoms with van der Waals surface area (Å²) >= 11 is 0. The lowest BCUT2D eigenvalue weighted by atomic mass is 10.1. The van der Waals surface area contributed by atoms with Crippen LogP contribution in [0.15, 0.2) is 0 Å². The van der Waals surface area contributed by atoms with Crippen molar-refractivity contribution in [1.29, 1.82) is 0 Å². The normalized spacial score (nSPS) is 13.9. The van der Waals surface area contributed by atoms with Crippen molar-refractivity contribution in [3.63, 3.8) is 0 Å². The minimum absolute atomic E-state index is 0.0216. The lowest BCUT2D eigenvalue weighted by molar-refractivity contribution is -0.159. The van der Waals surface area contributed by atoms with E-state index >= 15 is 0 Å². The Morgan fingerprint density at radius 2 is 2.00 bits per heavy atom. The predicted octanol–water partition coefficient (Wildman–Crippen LogP) is 1.57. The molecule has 1 N–H and O–H groups in total. The van der Waals surface area contributed by atoms with Crippen molar-refractivity contribution >= 4 is 5.97 Å². The second-order valence-electron chi connectivity index (χ2n) is 4.33. The molecule has 0 aliphatic rings. The molecular weight excluding hydrogens is 166 g/mol. The molecule has 78 valence electrons. The van der Waals surface area contributed by atoms with Gasteiger partial charge < -0.3 is 10.1 Å². The maximum absolute atomic E-state index is 11.4. The molecule has 13 heavy (non-hydrogen) atoms. The summed E-state index contributed by atoms with van der Waals surface area (Å²) in [6.07, 6.45) is 0.825. The van der Waals surface area contributed by atoms with Gasteiger partial charge in [0.15, 0.2) is 0 Å². The second kappa shape index (κ2) is 5.22. The van der Waals surface area contributed by atoms with Gasteiger partial charge in [0.2, 0.25) is 0 Å². The van der Waals surface area contributed by atoms with E-state index < -0.39 is 0 Å². The molecule has 0 spiro atoms. The van der Waals surface area contributed by atoms with E-state index in [0.717, 1.165) is 13.0 Å². The maximum atomic E-state index is 11.4. The Kier molecular flexibility index (Phi) is 4.99. The van der Waals surface area contributed by atoms with Crippen LogP contribution in [0.25, 0.3) is 0 Å². The molecule has 0 aromatic rings. The molecule has 0 rings (SSSR count). The number of carbonyl (C=O) groups is 1. The molecule has 0 aliphatic heterocycles. The largest absolute Gasteiger partial charge is 0.460 e. The zero-order valence-corrected chi connectivity index (χ0v) is 9.31. The first kappa shape index (κ1) is 12.4. The smallest absolute Gasteiger partial charge is 0.309 e. The highest BCUT2D eigenvalue weighted by Gasteiger charge is 2.20. The summed E-state index contributed by atoms with van der Waals surface area (Å²) < 4.78 is 5.23. The summed E-state index contributed by atoms with van der Waals surface area (Å²) in [4.78, 5) is 11.4. The summed E-state index contributed by atoms with van der Waals surface area (Å²) in [6.45, 7) is 8.40. The Morgan fingerprint density at radius 3 is 2.38 bits per heavy atom. The number of nitrogens with one attached hydrogen (secondary N) is 1. The lowest BCUT2D eigenvalue weighted by Gasteiger charge is -2.22. The predicted molar refractivity (Wildman–Crippen MR) is 53.6 cm³/mol. The summed E-state index contributed by atoms with van der Waals surface area (Å²) in [7, 11) is 1.88. The van der Waals surface area contributed by atoms with Crippen molar-refractivity contribution in [3.05, 3.63) is 0 Å². The third-order valence-corrected chi connectivity index (χ3v) is 1.64. The Bertz CT molecular complexity index is 161. The molecule has 1 unspecified atom stereocenters. The molecule has 0 aromatic carbocycles. The van der Waals surface area contributed by atoms with Gasteiger partial charge in [0.1, 0.15) is 5.60 Å². The van der Waals surface area contributed by atoms with Gasteiger partial charge in [-0.05, 0) is 40.8 Å². The summed E-state index contributed by atoms with van der Waals surface area (Å²) in [6, 6.07) is 0. The SMILES string of the molecule is CNCCC(C)C(=O)OC(C)(C)C. The molecular formula is C10H21NO2. The van der Waals surface area contributed by atoms with E-state index in [-0.39, 0.29) is 17.5 Å². The number of rotatable bonds is 4. The van der Waals surface area contributed by atoms with Crippen molar-refractivity contribution in [2.24, 2.45) is 5.92 Å². The summed E-state index contributed by atoms with van der Waals surface area (Å²) in [5.41, 5.74) is -0.370. The average molecular weight is 187 g/mol. The van der Waals surface area contributed by atoms with Gasteiger partial charge in [0.25, 0.3) is 0 Å². The van der Waals surface area contributed by atoms with Crippen LogP contribution in [0, 0.1) is 5.92 Å². The minimum atomic E-state index is -0.370. The topological polar surface area (TPSA) is 38.3 Å². The molecule has 0 fully saturated rings. The molecule has 3 heteroatoms. The number of ether oxygens (including phenoxy) is 1. The van der Waals surface area contributed by atoms with Crippen molar-refractivity contribution in [2.45, 2.75) is 39.7 Å². The molecule has 0 aromatic heterocycles. The molecule has 0 aliphatic carbocycles. The van der Waals surface area contributed by atoms with Gasteiger partial charge >= 0.3 is 5.97 Å². The van der Waals surface area contributed by atoms with Crippen LogP contribution >= 0.6 is 0 Å². The van der Waals surface area contributed by atoms with Crippen molar-refractivity contribution < 1.29 is 9.53 Å². The highest BCUT2D eigenvalue weighted by atomic mass is 16.6. The molecule has 0 saturated carbocycles. The van der Waals surface area contributed by atoms with Gasteiger partial charge in [-0.2, -0.15) is 0 Å². The molecule has 0 bridgehead atoms. The van der Waals surface area contributed by atoms with Crippen LogP contribution < -0.4 is 5.32 Å². The first-order valence-electron chi connectivity index (χ1n) is 4.74. The maximum Gasteiger partial charge on any atom is 0.309 e. The fourth-order valence-electron chi connectivity index (χ4n) is 0.881. The van der Waals surface area contributed by atoms with E-state index in [2.05, 4.69) is 5.32 Å².